The lowest BCUT2D eigenvalue weighted by Gasteiger charge is -2.18. The number of rotatable bonds is 4. The molecule has 1 aromatic carbocycles. The lowest BCUT2D eigenvalue weighted by atomic mass is 10.0. The van der Waals surface area contributed by atoms with Crippen LogP contribution in [0.4, 0.5) is 11.6 Å². The molecule has 0 radical (unpaired) electrons. The zero-order valence-electron chi connectivity index (χ0n) is 12.1. The number of benzene rings is 1. The van der Waals surface area contributed by atoms with Gasteiger partial charge in [-0.05, 0) is 50.5 Å². The van der Waals surface area contributed by atoms with E-state index in [4.69, 9.17) is 0 Å². The van der Waals surface area contributed by atoms with Gasteiger partial charge in [0.15, 0.2) is 5.82 Å². The van der Waals surface area contributed by atoms with Crippen molar-refractivity contribution in [2.75, 3.05) is 23.7 Å². The second-order valence-corrected chi connectivity index (χ2v) is 5.02. The molecule has 2 aromatic rings. The third-order valence-electron chi connectivity index (χ3n) is 3.70. The minimum atomic E-state index is 0.848. The Morgan fingerprint density at radius 1 is 1.30 bits per heavy atom. The van der Waals surface area contributed by atoms with E-state index < -0.39 is 0 Å². The highest BCUT2D eigenvalue weighted by molar-refractivity contribution is 5.65. The predicted molar refractivity (Wildman–Crippen MR) is 82.1 cm³/mol. The molecule has 1 aliphatic rings. The predicted octanol–water partition coefficient (Wildman–Crippen LogP) is 2.75. The summed E-state index contributed by atoms with van der Waals surface area (Å²) in [5, 5.41) is 15.3. The second-order valence-electron chi connectivity index (χ2n) is 5.02. The minimum Gasteiger partial charge on any atom is -0.385 e. The van der Waals surface area contributed by atoms with Crippen molar-refractivity contribution in [1.82, 2.24) is 14.8 Å². The number of nitrogens with one attached hydrogen (secondary N) is 2. The molecule has 2 N–H and O–H groups in total. The summed E-state index contributed by atoms with van der Waals surface area (Å²) in [7, 11) is 0. The SMILES string of the molecule is CCNc1nnc(-c2ccc3c(c2)CCCN3)n1CC. The van der Waals surface area contributed by atoms with Crippen molar-refractivity contribution >= 4 is 11.6 Å². The summed E-state index contributed by atoms with van der Waals surface area (Å²) in [4.78, 5) is 0. The normalized spacial score (nSPS) is 13.7. The molecule has 0 saturated carbocycles. The van der Waals surface area contributed by atoms with Crippen LogP contribution in [0.2, 0.25) is 0 Å². The van der Waals surface area contributed by atoms with E-state index in [0.29, 0.717) is 0 Å². The third-order valence-corrected chi connectivity index (χ3v) is 3.70. The average molecular weight is 271 g/mol. The van der Waals surface area contributed by atoms with Gasteiger partial charge in [-0.15, -0.1) is 10.2 Å². The van der Waals surface area contributed by atoms with Gasteiger partial charge < -0.3 is 10.6 Å². The van der Waals surface area contributed by atoms with E-state index in [2.05, 4.69) is 57.4 Å². The number of anilines is 2. The standard InChI is InChI=1S/C15H21N5/c1-3-16-15-19-18-14(20(15)4-2)12-7-8-13-11(10-12)6-5-9-17-13/h7-8,10,17H,3-6,9H2,1-2H3,(H,16,19). The van der Waals surface area contributed by atoms with E-state index in [-0.39, 0.29) is 0 Å². The number of hydrogen-bond acceptors (Lipinski definition) is 4. The van der Waals surface area contributed by atoms with Crippen LogP contribution in [-0.4, -0.2) is 27.9 Å². The van der Waals surface area contributed by atoms with Crippen molar-refractivity contribution in [3.8, 4) is 11.4 Å². The first kappa shape index (κ1) is 13.0. The van der Waals surface area contributed by atoms with Crippen molar-refractivity contribution in [3.05, 3.63) is 23.8 Å². The Bertz CT molecular complexity index is 602. The molecular formula is C15H21N5. The summed E-state index contributed by atoms with van der Waals surface area (Å²) in [5.41, 5.74) is 3.78. The second kappa shape index (κ2) is 5.53. The van der Waals surface area contributed by atoms with Crippen molar-refractivity contribution in [1.29, 1.82) is 0 Å². The maximum atomic E-state index is 4.35. The molecule has 0 aliphatic carbocycles. The molecular weight excluding hydrogens is 250 g/mol. The molecule has 0 unspecified atom stereocenters. The molecule has 5 nitrogen and oxygen atoms in total. The van der Waals surface area contributed by atoms with E-state index in [9.17, 15) is 0 Å². The Labute approximate surface area is 119 Å². The molecule has 0 spiro atoms. The summed E-state index contributed by atoms with van der Waals surface area (Å²) in [5.74, 6) is 1.79. The van der Waals surface area contributed by atoms with E-state index in [1.807, 2.05) is 0 Å². The Balaban J connectivity index is 2.00. The summed E-state index contributed by atoms with van der Waals surface area (Å²) in [6.45, 7) is 6.97. The number of fused-ring (bicyclic) bond motifs is 1. The highest BCUT2D eigenvalue weighted by atomic mass is 15.3. The average Bonchev–Trinajstić information content (AvgIpc) is 2.90. The van der Waals surface area contributed by atoms with Gasteiger partial charge in [-0.2, -0.15) is 0 Å². The Morgan fingerprint density at radius 2 is 2.20 bits per heavy atom. The number of nitrogens with zero attached hydrogens (tertiary/aromatic N) is 3. The molecule has 20 heavy (non-hydrogen) atoms. The van der Waals surface area contributed by atoms with Gasteiger partial charge in [0.05, 0.1) is 0 Å². The molecule has 0 saturated heterocycles. The fourth-order valence-electron chi connectivity index (χ4n) is 2.72. The van der Waals surface area contributed by atoms with E-state index in [1.165, 1.54) is 17.7 Å². The summed E-state index contributed by atoms with van der Waals surface area (Å²) >= 11 is 0. The van der Waals surface area contributed by atoms with Gasteiger partial charge in [-0.25, -0.2) is 0 Å². The monoisotopic (exact) mass is 271 g/mol. The largest absolute Gasteiger partial charge is 0.385 e. The molecule has 5 heteroatoms. The third kappa shape index (κ3) is 2.24. The van der Waals surface area contributed by atoms with E-state index in [1.54, 1.807) is 0 Å². The van der Waals surface area contributed by atoms with Gasteiger partial charge in [-0.3, -0.25) is 4.57 Å². The lowest BCUT2D eigenvalue weighted by Crippen LogP contribution is -2.11. The van der Waals surface area contributed by atoms with Crippen molar-refractivity contribution in [2.45, 2.75) is 33.2 Å². The van der Waals surface area contributed by atoms with Crippen LogP contribution in [-0.2, 0) is 13.0 Å². The minimum absolute atomic E-state index is 0.848. The zero-order valence-corrected chi connectivity index (χ0v) is 12.1. The Kier molecular flexibility index (Phi) is 3.58. The molecule has 0 amide bonds. The summed E-state index contributed by atoms with van der Waals surface area (Å²) in [6.07, 6.45) is 2.33. The molecule has 0 bridgehead atoms. The Hall–Kier alpha value is -2.04. The van der Waals surface area contributed by atoms with Crippen LogP contribution in [0.1, 0.15) is 25.8 Å². The number of aryl methyl sites for hydroxylation is 1. The van der Waals surface area contributed by atoms with Crippen molar-refractivity contribution < 1.29 is 0 Å². The smallest absolute Gasteiger partial charge is 0.224 e. The topological polar surface area (TPSA) is 54.8 Å². The van der Waals surface area contributed by atoms with Crippen LogP contribution >= 0.6 is 0 Å². The van der Waals surface area contributed by atoms with Crippen LogP contribution in [0.15, 0.2) is 18.2 Å². The maximum absolute atomic E-state index is 4.35. The first-order valence-electron chi connectivity index (χ1n) is 7.37. The van der Waals surface area contributed by atoms with Crippen LogP contribution in [0.5, 0.6) is 0 Å². The van der Waals surface area contributed by atoms with Gasteiger partial charge in [0.1, 0.15) is 0 Å². The highest BCUT2D eigenvalue weighted by Crippen LogP contribution is 2.28. The number of aromatic nitrogens is 3. The van der Waals surface area contributed by atoms with Gasteiger partial charge in [-0.1, -0.05) is 0 Å². The lowest BCUT2D eigenvalue weighted by molar-refractivity contribution is 0.769. The first-order chi connectivity index (χ1) is 9.83. The molecule has 2 heterocycles. The fourth-order valence-corrected chi connectivity index (χ4v) is 2.72. The van der Waals surface area contributed by atoms with Crippen LogP contribution in [0.3, 0.4) is 0 Å². The molecule has 106 valence electrons. The van der Waals surface area contributed by atoms with E-state index >= 15 is 0 Å². The molecule has 0 atom stereocenters. The summed E-state index contributed by atoms with van der Waals surface area (Å²) in [6, 6.07) is 6.53. The van der Waals surface area contributed by atoms with Crippen molar-refractivity contribution in [2.24, 2.45) is 0 Å². The zero-order chi connectivity index (χ0) is 13.9. The van der Waals surface area contributed by atoms with Gasteiger partial charge in [0.2, 0.25) is 5.95 Å². The number of hydrogen-bond donors (Lipinski definition) is 2. The summed E-state index contributed by atoms with van der Waals surface area (Å²) < 4.78 is 2.13. The van der Waals surface area contributed by atoms with Gasteiger partial charge in [0.25, 0.3) is 0 Å². The maximum Gasteiger partial charge on any atom is 0.224 e. The van der Waals surface area contributed by atoms with Crippen molar-refractivity contribution in [3.63, 3.8) is 0 Å². The molecule has 1 aliphatic heterocycles. The molecule has 1 aromatic heterocycles. The molecule has 3 rings (SSSR count). The first-order valence-corrected chi connectivity index (χ1v) is 7.37. The Morgan fingerprint density at radius 3 is 3.00 bits per heavy atom. The van der Waals surface area contributed by atoms with Crippen LogP contribution in [0.25, 0.3) is 11.4 Å². The fraction of sp³-hybridized carbons (Fsp3) is 0.467. The van der Waals surface area contributed by atoms with Crippen LogP contribution in [0, 0.1) is 0 Å². The van der Waals surface area contributed by atoms with E-state index in [0.717, 1.165) is 43.4 Å². The van der Waals surface area contributed by atoms with Gasteiger partial charge in [0, 0.05) is 30.9 Å². The van der Waals surface area contributed by atoms with Gasteiger partial charge >= 0.3 is 0 Å². The highest BCUT2D eigenvalue weighted by Gasteiger charge is 2.15. The quantitative estimate of drug-likeness (QED) is 0.898. The van der Waals surface area contributed by atoms with Crippen LogP contribution < -0.4 is 10.6 Å². The molecule has 0 fully saturated rings.